The number of rotatable bonds is 5. The summed E-state index contributed by atoms with van der Waals surface area (Å²) in [6, 6.07) is 5.58. The standard InChI is InChI=1S/C13H16F2N2/c1-13(2,9-16)5-6-17-8-10-7-11(14)3-4-12(10)15/h3-4,7,17H,5-6,8H2,1-2H3. The molecule has 1 rings (SSSR count). The number of nitrogens with one attached hydrogen (secondary N) is 1. The molecule has 0 saturated heterocycles. The summed E-state index contributed by atoms with van der Waals surface area (Å²) in [5, 5.41) is 11.8. The average molecular weight is 238 g/mol. The molecule has 0 aliphatic heterocycles. The third kappa shape index (κ3) is 4.49. The first-order valence-corrected chi connectivity index (χ1v) is 5.50. The third-order valence-corrected chi connectivity index (χ3v) is 2.55. The molecule has 1 N–H and O–H groups in total. The molecule has 0 aliphatic carbocycles. The zero-order valence-corrected chi connectivity index (χ0v) is 10.1. The Morgan fingerprint density at radius 2 is 2.06 bits per heavy atom. The molecule has 0 amide bonds. The molecule has 4 heteroatoms. The second kappa shape index (κ2) is 5.74. The summed E-state index contributed by atoms with van der Waals surface area (Å²) < 4.78 is 26.1. The summed E-state index contributed by atoms with van der Waals surface area (Å²) >= 11 is 0. The van der Waals surface area contributed by atoms with Crippen molar-refractivity contribution in [2.75, 3.05) is 6.54 Å². The van der Waals surface area contributed by atoms with E-state index in [2.05, 4.69) is 11.4 Å². The maximum Gasteiger partial charge on any atom is 0.127 e. The highest BCUT2D eigenvalue weighted by atomic mass is 19.1. The van der Waals surface area contributed by atoms with Gasteiger partial charge >= 0.3 is 0 Å². The summed E-state index contributed by atoms with van der Waals surface area (Å²) in [6.07, 6.45) is 0.667. The maximum absolute atomic E-state index is 13.2. The van der Waals surface area contributed by atoms with Gasteiger partial charge in [-0.1, -0.05) is 0 Å². The van der Waals surface area contributed by atoms with Crippen LogP contribution in [0.1, 0.15) is 25.8 Å². The van der Waals surface area contributed by atoms with Crippen molar-refractivity contribution in [1.82, 2.24) is 5.32 Å². The topological polar surface area (TPSA) is 35.8 Å². The number of nitrogens with zero attached hydrogens (tertiary/aromatic N) is 1. The van der Waals surface area contributed by atoms with Crippen LogP contribution >= 0.6 is 0 Å². The fourth-order valence-electron chi connectivity index (χ4n) is 1.36. The van der Waals surface area contributed by atoms with Crippen LogP contribution in [-0.4, -0.2) is 6.54 Å². The van der Waals surface area contributed by atoms with Crippen molar-refractivity contribution in [3.05, 3.63) is 35.4 Å². The van der Waals surface area contributed by atoms with E-state index in [0.29, 0.717) is 18.5 Å². The smallest absolute Gasteiger partial charge is 0.127 e. The zero-order valence-electron chi connectivity index (χ0n) is 10.1. The average Bonchev–Trinajstić information content (AvgIpc) is 2.29. The van der Waals surface area contributed by atoms with Gasteiger partial charge in [-0.15, -0.1) is 0 Å². The molecule has 1 aromatic carbocycles. The van der Waals surface area contributed by atoms with Gasteiger partial charge in [-0.2, -0.15) is 5.26 Å². The molecule has 0 saturated carbocycles. The highest BCUT2D eigenvalue weighted by Gasteiger charge is 2.15. The fraction of sp³-hybridized carbons (Fsp3) is 0.462. The Kier molecular flexibility index (Phi) is 4.59. The molecule has 92 valence electrons. The lowest BCUT2D eigenvalue weighted by Crippen LogP contribution is -2.21. The van der Waals surface area contributed by atoms with Crippen LogP contribution in [0.25, 0.3) is 0 Å². The minimum absolute atomic E-state index is 0.269. The molecule has 0 bridgehead atoms. The van der Waals surface area contributed by atoms with Crippen molar-refractivity contribution in [2.45, 2.75) is 26.8 Å². The SMILES string of the molecule is CC(C)(C#N)CCNCc1cc(F)ccc1F. The van der Waals surface area contributed by atoms with E-state index in [1.165, 1.54) is 6.07 Å². The number of hydrogen-bond acceptors (Lipinski definition) is 2. The molecular weight excluding hydrogens is 222 g/mol. The first kappa shape index (κ1) is 13.6. The monoisotopic (exact) mass is 238 g/mol. The van der Waals surface area contributed by atoms with Crippen LogP contribution in [0, 0.1) is 28.4 Å². The predicted molar refractivity (Wildman–Crippen MR) is 62.1 cm³/mol. The van der Waals surface area contributed by atoms with Crippen molar-refractivity contribution in [1.29, 1.82) is 5.26 Å². The molecule has 0 aliphatic rings. The molecule has 2 nitrogen and oxygen atoms in total. The van der Waals surface area contributed by atoms with Crippen LogP contribution in [0.3, 0.4) is 0 Å². The van der Waals surface area contributed by atoms with E-state index < -0.39 is 17.0 Å². The van der Waals surface area contributed by atoms with Gasteiger partial charge in [0.15, 0.2) is 0 Å². The summed E-state index contributed by atoms with van der Waals surface area (Å²) in [5.41, 5.74) is -0.0900. The number of nitriles is 1. The minimum Gasteiger partial charge on any atom is -0.313 e. The highest BCUT2D eigenvalue weighted by Crippen LogP contribution is 2.17. The number of hydrogen-bond donors (Lipinski definition) is 1. The van der Waals surface area contributed by atoms with Crippen molar-refractivity contribution >= 4 is 0 Å². The Morgan fingerprint density at radius 3 is 2.71 bits per heavy atom. The van der Waals surface area contributed by atoms with Crippen molar-refractivity contribution < 1.29 is 8.78 Å². The lowest BCUT2D eigenvalue weighted by atomic mass is 9.91. The van der Waals surface area contributed by atoms with Crippen molar-refractivity contribution in [3.63, 3.8) is 0 Å². The van der Waals surface area contributed by atoms with E-state index in [1.807, 2.05) is 13.8 Å². The molecule has 0 spiro atoms. The van der Waals surface area contributed by atoms with Gasteiger partial charge in [-0.3, -0.25) is 0 Å². The van der Waals surface area contributed by atoms with Crippen molar-refractivity contribution in [3.8, 4) is 6.07 Å². The van der Waals surface area contributed by atoms with Crippen LogP contribution in [0.15, 0.2) is 18.2 Å². The number of benzene rings is 1. The fourth-order valence-corrected chi connectivity index (χ4v) is 1.36. The minimum atomic E-state index is -0.444. The molecule has 0 radical (unpaired) electrons. The van der Waals surface area contributed by atoms with Gasteiger partial charge in [0.1, 0.15) is 11.6 Å². The van der Waals surface area contributed by atoms with Gasteiger partial charge in [0.25, 0.3) is 0 Å². The van der Waals surface area contributed by atoms with E-state index in [4.69, 9.17) is 5.26 Å². The molecular formula is C13H16F2N2. The molecule has 1 aromatic rings. The van der Waals surface area contributed by atoms with Gasteiger partial charge < -0.3 is 5.32 Å². The van der Waals surface area contributed by atoms with Crippen LogP contribution in [0.5, 0.6) is 0 Å². The molecule has 0 fully saturated rings. The maximum atomic E-state index is 13.2. The van der Waals surface area contributed by atoms with E-state index in [1.54, 1.807) is 0 Å². The van der Waals surface area contributed by atoms with Crippen LogP contribution < -0.4 is 5.32 Å². The highest BCUT2D eigenvalue weighted by molar-refractivity contribution is 5.18. The Balaban J connectivity index is 2.42. The summed E-state index contributed by atoms with van der Waals surface area (Å²) in [5.74, 6) is -0.862. The Morgan fingerprint density at radius 1 is 1.35 bits per heavy atom. The van der Waals surface area contributed by atoms with E-state index in [9.17, 15) is 8.78 Å². The predicted octanol–water partition coefficient (Wildman–Crippen LogP) is 2.99. The Labute approximate surface area is 100 Å². The van der Waals surface area contributed by atoms with E-state index in [0.717, 1.165) is 12.1 Å². The lowest BCUT2D eigenvalue weighted by molar-refractivity contribution is 0.430. The van der Waals surface area contributed by atoms with Gasteiger partial charge in [0, 0.05) is 12.1 Å². The largest absolute Gasteiger partial charge is 0.313 e. The second-order valence-corrected chi connectivity index (χ2v) is 4.66. The van der Waals surface area contributed by atoms with Gasteiger partial charge in [0.2, 0.25) is 0 Å². The normalized spacial score (nSPS) is 11.2. The van der Waals surface area contributed by atoms with E-state index in [-0.39, 0.29) is 6.54 Å². The molecule has 0 heterocycles. The summed E-state index contributed by atoms with van der Waals surface area (Å²) in [4.78, 5) is 0. The molecule has 0 unspecified atom stereocenters. The van der Waals surface area contributed by atoms with Gasteiger partial charge in [0.05, 0.1) is 11.5 Å². The number of halogens is 2. The molecule has 17 heavy (non-hydrogen) atoms. The first-order chi connectivity index (χ1) is 7.94. The lowest BCUT2D eigenvalue weighted by Gasteiger charge is -2.15. The van der Waals surface area contributed by atoms with Gasteiger partial charge in [-0.05, 0) is 45.0 Å². The van der Waals surface area contributed by atoms with Crippen LogP contribution in [-0.2, 0) is 6.54 Å². The Hall–Kier alpha value is -1.47. The first-order valence-electron chi connectivity index (χ1n) is 5.50. The quantitative estimate of drug-likeness (QED) is 0.800. The summed E-state index contributed by atoms with van der Waals surface area (Å²) in [7, 11) is 0. The van der Waals surface area contributed by atoms with E-state index >= 15 is 0 Å². The summed E-state index contributed by atoms with van der Waals surface area (Å²) in [6.45, 7) is 4.55. The molecule has 0 atom stereocenters. The van der Waals surface area contributed by atoms with Crippen LogP contribution in [0.2, 0.25) is 0 Å². The van der Waals surface area contributed by atoms with Crippen LogP contribution in [0.4, 0.5) is 8.78 Å². The van der Waals surface area contributed by atoms with Gasteiger partial charge in [-0.25, -0.2) is 8.78 Å². The third-order valence-electron chi connectivity index (χ3n) is 2.55. The second-order valence-electron chi connectivity index (χ2n) is 4.66. The molecule has 0 aromatic heterocycles. The van der Waals surface area contributed by atoms with Crippen molar-refractivity contribution in [2.24, 2.45) is 5.41 Å². The Bertz CT molecular complexity index is 422. The zero-order chi connectivity index (χ0) is 12.9.